The number of carbonyl (C=O) groups excluding carboxylic acids is 2. The van der Waals surface area contributed by atoms with E-state index < -0.39 is 17.8 Å². The predicted octanol–water partition coefficient (Wildman–Crippen LogP) is 1.96. The summed E-state index contributed by atoms with van der Waals surface area (Å²) >= 11 is 0. The average Bonchev–Trinajstić information content (AvgIpc) is 2.48. The van der Waals surface area contributed by atoms with E-state index in [9.17, 15) is 14.4 Å². The van der Waals surface area contributed by atoms with Crippen LogP contribution in [0.5, 0.6) is 0 Å². The first-order chi connectivity index (χ1) is 9.59. The zero-order chi connectivity index (χ0) is 14.5. The van der Waals surface area contributed by atoms with Crippen molar-refractivity contribution in [3.8, 4) is 0 Å². The van der Waals surface area contributed by atoms with Gasteiger partial charge in [0.2, 0.25) is 0 Å². The monoisotopic (exact) mass is 269 g/mol. The normalized spacial score (nSPS) is 9.80. The fraction of sp³-hybridized carbons (Fsp3) is 0. The lowest BCUT2D eigenvalue weighted by Crippen LogP contribution is -2.31. The fourth-order valence-electron chi connectivity index (χ4n) is 1.70. The predicted molar refractivity (Wildman–Crippen MR) is 71.6 cm³/mol. The summed E-state index contributed by atoms with van der Waals surface area (Å²) < 4.78 is 0. The molecule has 100 valence electrons. The van der Waals surface area contributed by atoms with Crippen LogP contribution in [-0.4, -0.2) is 22.9 Å². The highest BCUT2D eigenvalue weighted by molar-refractivity contribution is 6.13. The molecule has 20 heavy (non-hydrogen) atoms. The van der Waals surface area contributed by atoms with Gasteiger partial charge in [-0.1, -0.05) is 30.3 Å². The van der Waals surface area contributed by atoms with Crippen molar-refractivity contribution in [3.05, 3.63) is 71.3 Å². The summed E-state index contributed by atoms with van der Waals surface area (Å²) in [6.45, 7) is 0. The van der Waals surface area contributed by atoms with E-state index in [2.05, 4.69) is 5.32 Å². The highest BCUT2D eigenvalue weighted by Gasteiger charge is 2.18. The maximum absolute atomic E-state index is 12.0. The number of carboxylic acids is 1. The van der Waals surface area contributed by atoms with Crippen molar-refractivity contribution in [2.75, 3.05) is 0 Å². The Hall–Kier alpha value is -2.95. The van der Waals surface area contributed by atoms with Crippen molar-refractivity contribution in [2.45, 2.75) is 0 Å². The van der Waals surface area contributed by atoms with Gasteiger partial charge in [-0.3, -0.25) is 14.9 Å². The molecule has 0 aliphatic heterocycles. The second kappa shape index (κ2) is 5.79. The Morgan fingerprint density at radius 1 is 0.750 bits per heavy atom. The van der Waals surface area contributed by atoms with Crippen LogP contribution >= 0.6 is 0 Å². The second-order valence-corrected chi connectivity index (χ2v) is 4.00. The quantitative estimate of drug-likeness (QED) is 0.834. The van der Waals surface area contributed by atoms with Gasteiger partial charge in [0.1, 0.15) is 0 Å². The Bertz CT molecular complexity index is 665. The molecule has 2 N–H and O–H groups in total. The van der Waals surface area contributed by atoms with E-state index in [4.69, 9.17) is 5.11 Å². The van der Waals surface area contributed by atoms with Crippen molar-refractivity contribution in [1.29, 1.82) is 0 Å². The maximum Gasteiger partial charge on any atom is 0.336 e. The molecule has 0 aliphatic carbocycles. The van der Waals surface area contributed by atoms with Crippen LogP contribution in [0.15, 0.2) is 54.6 Å². The Kier molecular flexibility index (Phi) is 3.91. The Morgan fingerprint density at radius 3 is 1.90 bits per heavy atom. The molecule has 2 aromatic carbocycles. The number of carbonyl (C=O) groups is 3. The van der Waals surface area contributed by atoms with E-state index >= 15 is 0 Å². The van der Waals surface area contributed by atoms with E-state index in [0.29, 0.717) is 5.56 Å². The first-order valence-electron chi connectivity index (χ1n) is 5.82. The van der Waals surface area contributed by atoms with Crippen LogP contribution in [-0.2, 0) is 0 Å². The molecule has 2 aromatic rings. The number of hydrogen-bond donors (Lipinski definition) is 2. The standard InChI is InChI=1S/C15H11NO4/c17-13(10-6-2-1-3-7-10)16-14(18)11-8-4-5-9-12(11)15(19)20/h1-9H,(H,19,20)(H,16,17,18). The van der Waals surface area contributed by atoms with Gasteiger partial charge in [-0.15, -0.1) is 0 Å². The molecule has 2 amide bonds. The minimum absolute atomic E-state index is 0.0516. The molecule has 5 nitrogen and oxygen atoms in total. The second-order valence-electron chi connectivity index (χ2n) is 4.00. The van der Waals surface area contributed by atoms with Gasteiger partial charge in [-0.25, -0.2) is 4.79 Å². The van der Waals surface area contributed by atoms with Crippen molar-refractivity contribution in [3.63, 3.8) is 0 Å². The molecule has 0 heterocycles. The zero-order valence-corrected chi connectivity index (χ0v) is 10.4. The highest BCUT2D eigenvalue weighted by atomic mass is 16.4. The van der Waals surface area contributed by atoms with Crippen LogP contribution in [0.25, 0.3) is 0 Å². The largest absolute Gasteiger partial charge is 0.478 e. The SMILES string of the molecule is O=C(NC(=O)c1ccccc1C(=O)O)c1ccccc1. The lowest BCUT2D eigenvalue weighted by molar-refractivity contribution is 0.0688. The lowest BCUT2D eigenvalue weighted by Gasteiger charge is -2.06. The van der Waals surface area contributed by atoms with Crippen molar-refractivity contribution in [1.82, 2.24) is 5.32 Å². The van der Waals surface area contributed by atoms with E-state index in [1.807, 2.05) is 0 Å². The number of benzene rings is 2. The van der Waals surface area contributed by atoms with Crippen molar-refractivity contribution < 1.29 is 19.5 Å². The first-order valence-corrected chi connectivity index (χ1v) is 5.82. The molecule has 0 aliphatic rings. The average molecular weight is 269 g/mol. The topological polar surface area (TPSA) is 83.5 Å². The van der Waals surface area contributed by atoms with Gasteiger partial charge in [-0.2, -0.15) is 0 Å². The summed E-state index contributed by atoms with van der Waals surface area (Å²) in [5.41, 5.74) is 0.129. The minimum atomic E-state index is -1.22. The van der Waals surface area contributed by atoms with Gasteiger partial charge in [-0.05, 0) is 24.3 Å². The Labute approximate surface area is 114 Å². The summed E-state index contributed by atoms with van der Waals surface area (Å²) in [5, 5.41) is 11.2. The van der Waals surface area contributed by atoms with Gasteiger partial charge in [0.15, 0.2) is 0 Å². The maximum atomic E-state index is 12.0. The molecular formula is C15H11NO4. The number of rotatable bonds is 3. The van der Waals surface area contributed by atoms with Gasteiger partial charge in [0, 0.05) is 5.56 Å². The molecule has 0 bridgehead atoms. The molecule has 0 saturated heterocycles. The molecule has 0 saturated carbocycles. The molecule has 0 unspecified atom stereocenters. The Morgan fingerprint density at radius 2 is 1.30 bits per heavy atom. The molecule has 0 spiro atoms. The van der Waals surface area contributed by atoms with Crippen molar-refractivity contribution >= 4 is 17.8 Å². The fourth-order valence-corrected chi connectivity index (χ4v) is 1.70. The number of carboxylic acid groups (broad SMARTS) is 1. The third-order valence-corrected chi connectivity index (χ3v) is 2.67. The van der Waals surface area contributed by atoms with Crippen LogP contribution in [0.4, 0.5) is 0 Å². The number of amides is 2. The van der Waals surface area contributed by atoms with Gasteiger partial charge < -0.3 is 5.11 Å². The zero-order valence-electron chi connectivity index (χ0n) is 10.4. The van der Waals surface area contributed by atoms with Gasteiger partial charge in [0.05, 0.1) is 11.1 Å². The summed E-state index contributed by atoms with van der Waals surface area (Å²) in [6, 6.07) is 13.9. The van der Waals surface area contributed by atoms with Crippen LogP contribution in [0, 0.1) is 0 Å². The molecule has 0 atom stereocenters. The molecule has 0 fully saturated rings. The highest BCUT2D eigenvalue weighted by Crippen LogP contribution is 2.09. The lowest BCUT2D eigenvalue weighted by atomic mass is 10.1. The van der Waals surface area contributed by atoms with E-state index in [1.165, 1.54) is 24.3 Å². The summed E-state index contributed by atoms with van der Waals surface area (Å²) in [4.78, 5) is 34.8. The first kappa shape index (κ1) is 13.5. The van der Waals surface area contributed by atoms with Gasteiger partial charge >= 0.3 is 5.97 Å². The van der Waals surface area contributed by atoms with E-state index in [1.54, 1.807) is 30.3 Å². The summed E-state index contributed by atoms with van der Waals surface area (Å²) in [6.07, 6.45) is 0. The van der Waals surface area contributed by atoms with E-state index in [0.717, 1.165) is 0 Å². The van der Waals surface area contributed by atoms with Crippen LogP contribution < -0.4 is 5.32 Å². The third-order valence-electron chi connectivity index (χ3n) is 2.67. The summed E-state index contributed by atoms with van der Waals surface area (Å²) in [7, 11) is 0. The molecule has 0 aromatic heterocycles. The third kappa shape index (κ3) is 2.89. The Balaban J connectivity index is 2.21. The van der Waals surface area contributed by atoms with Crippen LogP contribution in [0.1, 0.15) is 31.1 Å². The van der Waals surface area contributed by atoms with Crippen LogP contribution in [0.3, 0.4) is 0 Å². The number of aromatic carboxylic acids is 1. The van der Waals surface area contributed by atoms with Crippen molar-refractivity contribution in [2.24, 2.45) is 0 Å². The number of nitrogens with one attached hydrogen (secondary N) is 1. The smallest absolute Gasteiger partial charge is 0.336 e. The van der Waals surface area contributed by atoms with E-state index in [-0.39, 0.29) is 11.1 Å². The molecule has 5 heteroatoms. The number of hydrogen-bond acceptors (Lipinski definition) is 3. The summed E-state index contributed by atoms with van der Waals surface area (Å²) in [5.74, 6) is -2.53. The van der Waals surface area contributed by atoms with Gasteiger partial charge in [0.25, 0.3) is 11.8 Å². The minimum Gasteiger partial charge on any atom is -0.478 e. The molecule has 2 rings (SSSR count). The van der Waals surface area contributed by atoms with Crippen LogP contribution in [0.2, 0.25) is 0 Å². The molecule has 0 radical (unpaired) electrons. The molecular weight excluding hydrogens is 258 g/mol. The number of imide groups is 1.